The Hall–Kier alpha value is -1.52. The molecule has 23 heavy (non-hydrogen) atoms. The van der Waals surface area contributed by atoms with E-state index in [-0.39, 0.29) is 5.78 Å². The molecule has 1 aromatic carbocycles. The molecule has 3 nitrogen and oxygen atoms in total. The van der Waals surface area contributed by atoms with Gasteiger partial charge in [-0.25, -0.2) is 0 Å². The van der Waals surface area contributed by atoms with Crippen molar-refractivity contribution in [2.45, 2.75) is 33.1 Å². The third-order valence-corrected chi connectivity index (χ3v) is 4.98. The summed E-state index contributed by atoms with van der Waals surface area (Å²) < 4.78 is 7.29. The van der Waals surface area contributed by atoms with Crippen molar-refractivity contribution >= 4 is 17.5 Å². The summed E-state index contributed by atoms with van der Waals surface area (Å²) >= 11 is 1.68. The first-order valence-corrected chi connectivity index (χ1v) is 9.00. The number of benzene rings is 1. The number of nitrogens with zero attached hydrogens (tertiary/aromatic N) is 1. The molecule has 0 saturated heterocycles. The normalized spacial score (nSPS) is 11.0. The van der Waals surface area contributed by atoms with Crippen LogP contribution >= 0.6 is 11.8 Å². The highest BCUT2D eigenvalue weighted by Crippen LogP contribution is 2.19. The second-order valence-electron chi connectivity index (χ2n) is 5.83. The molecule has 0 fully saturated rings. The maximum absolute atomic E-state index is 12.5. The van der Waals surface area contributed by atoms with Crippen LogP contribution in [0.1, 0.15) is 32.9 Å². The van der Waals surface area contributed by atoms with Crippen molar-refractivity contribution in [3.05, 3.63) is 58.4 Å². The van der Waals surface area contributed by atoms with E-state index in [0.717, 1.165) is 29.2 Å². The second-order valence-corrected chi connectivity index (χ2v) is 6.82. The minimum atomic E-state index is 0.208. The predicted octanol–water partition coefficient (Wildman–Crippen LogP) is 4.18. The first kappa shape index (κ1) is 17.8. The molecule has 0 spiro atoms. The smallest absolute Gasteiger partial charge is 0.174 e. The molecular weight excluding hydrogens is 306 g/mol. The summed E-state index contributed by atoms with van der Waals surface area (Å²) in [6.07, 6.45) is 0. The van der Waals surface area contributed by atoms with Gasteiger partial charge in [-0.2, -0.15) is 0 Å². The molecule has 0 unspecified atom stereocenters. The highest BCUT2D eigenvalue weighted by Gasteiger charge is 2.15. The molecule has 0 radical (unpaired) electrons. The number of ether oxygens (including phenoxy) is 1. The van der Waals surface area contributed by atoms with Crippen LogP contribution < -0.4 is 0 Å². The highest BCUT2D eigenvalue weighted by atomic mass is 32.2. The third-order valence-electron chi connectivity index (χ3n) is 3.98. The standard InChI is InChI=1S/C19H25NO2S/c1-14-6-5-7-17(10-14)12-23-13-19(21)18-11-15(2)20(16(18)3)8-9-22-4/h5-7,10-11H,8-9,12-13H2,1-4H3. The Morgan fingerprint density at radius 3 is 2.70 bits per heavy atom. The lowest BCUT2D eigenvalue weighted by molar-refractivity contribution is 0.102. The van der Waals surface area contributed by atoms with Crippen LogP contribution in [0.15, 0.2) is 30.3 Å². The van der Waals surface area contributed by atoms with Crippen LogP contribution in [0, 0.1) is 20.8 Å². The van der Waals surface area contributed by atoms with Crippen LogP contribution in [0.25, 0.3) is 0 Å². The molecule has 0 aliphatic rings. The molecule has 0 amide bonds. The third kappa shape index (κ3) is 4.72. The van der Waals surface area contributed by atoms with Gasteiger partial charge in [0.05, 0.1) is 12.4 Å². The first-order chi connectivity index (χ1) is 11.0. The van der Waals surface area contributed by atoms with E-state index in [0.29, 0.717) is 12.4 Å². The van der Waals surface area contributed by atoms with Gasteiger partial charge in [0.1, 0.15) is 0 Å². The molecule has 1 heterocycles. The van der Waals surface area contributed by atoms with Crippen molar-refractivity contribution in [3.63, 3.8) is 0 Å². The molecule has 0 saturated carbocycles. The Balaban J connectivity index is 1.95. The number of ketones is 1. The number of thioether (sulfide) groups is 1. The molecule has 0 bridgehead atoms. The van der Waals surface area contributed by atoms with Crippen molar-refractivity contribution in [2.75, 3.05) is 19.5 Å². The molecular formula is C19H25NO2S. The molecule has 2 rings (SSSR count). The lowest BCUT2D eigenvalue weighted by Crippen LogP contribution is -2.09. The van der Waals surface area contributed by atoms with E-state index in [2.05, 4.69) is 35.8 Å². The van der Waals surface area contributed by atoms with Crippen molar-refractivity contribution in [1.82, 2.24) is 4.57 Å². The van der Waals surface area contributed by atoms with E-state index in [1.54, 1.807) is 18.9 Å². The second kappa shape index (κ2) is 8.37. The average molecular weight is 331 g/mol. The zero-order valence-corrected chi connectivity index (χ0v) is 15.2. The van der Waals surface area contributed by atoms with Gasteiger partial charge in [-0.05, 0) is 32.4 Å². The van der Waals surface area contributed by atoms with Gasteiger partial charge in [-0.3, -0.25) is 4.79 Å². The molecule has 2 aromatic rings. The van der Waals surface area contributed by atoms with Crippen LogP contribution in [0.2, 0.25) is 0 Å². The van der Waals surface area contributed by atoms with Crippen LogP contribution in [0.4, 0.5) is 0 Å². The number of hydrogen-bond acceptors (Lipinski definition) is 3. The van der Waals surface area contributed by atoms with Crippen LogP contribution in [0.5, 0.6) is 0 Å². The molecule has 0 aliphatic heterocycles. The van der Waals surface area contributed by atoms with Crippen LogP contribution in [-0.2, 0) is 17.0 Å². The van der Waals surface area contributed by atoms with E-state index in [4.69, 9.17) is 4.74 Å². The maximum atomic E-state index is 12.5. The van der Waals surface area contributed by atoms with Gasteiger partial charge in [0, 0.05) is 36.4 Å². The SMILES string of the molecule is COCCn1c(C)cc(C(=O)CSCc2cccc(C)c2)c1C. The summed E-state index contributed by atoms with van der Waals surface area (Å²) in [6, 6.07) is 10.4. The fourth-order valence-corrected chi connectivity index (χ4v) is 3.61. The van der Waals surface area contributed by atoms with Gasteiger partial charge in [0.25, 0.3) is 0 Å². The number of Topliss-reactive ketones (excluding diaryl/α,β-unsaturated/α-hetero) is 1. The van der Waals surface area contributed by atoms with Gasteiger partial charge in [0.15, 0.2) is 5.78 Å². The van der Waals surface area contributed by atoms with Crippen molar-refractivity contribution < 1.29 is 9.53 Å². The maximum Gasteiger partial charge on any atom is 0.174 e. The molecule has 4 heteroatoms. The van der Waals surface area contributed by atoms with Crippen molar-refractivity contribution in [1.29, 1.82) is 0 Å². The largest absolute Gasteiger partial charge is 0.383 e. The van der Waals surface area contributed by atoms with Gasteiger partial charge in [-0.1, -0.05) is 29.8 Å². The Kier molecular flexibility index (Phi) is 6.48. The van der Waals surface area contributed by atoms with E-state index in [1.807, 2.05) is 19.9 Å². The molecule has 0 atom stereocenters. The number of aromatic nitrogens is 1. The van der Waals surface area contributed by atoms with Gasteiger partial charge in [0.2, 0.25) is 0 Å². The Labute approximate surface area is 143 Å². The predicted molar refractivity (Wildman–Crippen MR) is 97.5 cm³/mol. The molecule has 1 aromatic heterocycles. The van der Waals surface area contributed by atoms with E-state index in [9.17, 15) is 4.79 Å². The summed E-state index contributed by atoms with van der Waals surface area (Å²) in [5.74, 6) is 1.60. The Morgan fingerprint density at radius 1 is 1.22 bits per heavy atom. The number of carbonyl (C=O) groups is 1. The molecule has 124 valence electrons. The van der Waals surface area contributed by atoms with Gasteiger partial charge in [-0.15, -0.1) is 11.8 Å². The average Bonchev–Trinajstić information content (AvgIpc) is 2.80. The lowest BCUT2D eigenvalue weighted by atomic mass is 10.2. The number of carbonyl (C=O) groups excluding carboxylic acids is 1. The van der Waals surface area contributed by atoms with Crippen LogP contribution in [0.3, 0.4) is 0 Å². The minimum absolute atomic E-state index is 0.208. The topological polar surface area (TPSA) is 31.2 Å². The number of methoxy groups -OCH3 is 1. The van der Waals surface area contributed by atoms with Crippen molar-refractivity contribution in [3.8, 4) is 0 Å². The minimum Gasteiger partial charge on any atom is -0.383 e. The Morgan fingerprint density at radius 2 is 2.00 bits per heavy atom. The lowest BCUT2D eigenvalue weighted by Gasteiger charge is -2.08. The monoisotopic (exact) mass is 331 g/mol. The van der Waals surface area contributed by atoms with E-state index >= 15 is 0 Å². The zero-order chi connectivity index (χ0) is 16.8. The summed E-state index contributed by atoms with van der Waals surface area (Å²) in [7, 11) is 1.70. The molecule has 0 aliphatic carbocycles. The van der Waals surface area contributed by atoms with Gasteiger partial charge < -0.3 is 9.30 Å². The number of hydrogen-bond donors (Lipinski definition) is 0. The van der Waals surface area contributed by atoms with Gasteiger partial charge >= 0.3 is 0 Å². The number of aryl methyl sites for hydroxylation is 2. The highest BCUT2D eigenvalue weighted by molar-refractivity contribution is 7.99. The first-order valence-electron chi connectivity index (χ1n) is 7.85. The fourth-order valence-electron chi connectivity index (χ4n) is 2.75. The quantitative estimate of drug-likeness (QED) is 0.680. The summed E-state index contributed by atoms with van der Waals surface area (Å²) in [4.78, 5) is 12.5. The van der Waals surface area contributed by atoms with E-state index < -0.39 is 0 Å². The molecule has 0 N–H and O–H groups in total. The summed E-state index contributed by atoms with van der Waals surface area (Å²) in [5.41, 5.74) is 5.53. The summed E-state index contributed by atoms with van der Waals surface area (Å²) in [5, 5.41) is 0. The van der Waals surface area contributed by atoms with E-state index in [1.165, 1.54) is 11.1 Å². The fraction of sp³-hybridized carbons (Fsp3) is 0.421. The Bertz CT molecular complexity index is 676. The van der Waals surface area contributed by atoms with Crippen LogP contribution in [-0.4, -0.2) is 29.8 Å². The zero-order valence-electron chi connectivity index (χ0n) is 14.4. The summed E-state index contributed by atoms with van der Waals surface area (Å²) in [6.45, 7) is 7.60. The van der Waals surface area contributed by atoms with Crippen molar-refractivity contribution in [2.24, 2.45) is 0 Å². The number of rotatable bonds is 8.